The van der Waals surface area contributed by atoms with Crippen molar-refractivity contribution < 1.29 is 14.3 Å². The summed E-state index contributed by atoms with van der Waals surface area (Å²) in [5, 5.41) is 9.29. The molecule has 0 saturated heterocycles. The molecule has 0 bridgehead atoms. The van der Waals surface area contributed by atoms with E-state index < -0.39 is 5.60 Å². The molecule has 0 spiro atoms. The lowest BCUT2D eigenvalue weighted by atomic mass is 10.0. The molecule has 24 heavy (non-hydrogen) atoms. The Balaban J connectivity index is 2.28. The van der Waals surface area contributed by atoms with E-state index in [9.17, 15) is 9.59 Å². The fourth-order valence-electron chi connectivity index (χ4n) is 2.93. The van der Waals surface area contributed by atoms with E-state index in [1.54, 1.807) is 0 Å². The molecule has 0 heterocycles. The lowest BCUT2D eigenvalue weighted by Gasteiger charge is -2.24. The zero-order chi connectivity index (χ0) is 18.4. The number of hydrogen-bond donors (Lipinski definition) is 3. The highest BCUT2D eigenvalue weighted by Gasteiger charge is 2.28. The lowest BCUT2D eigenvalue weighted by molar-refractivity contribution is -0.122. The molecule has 2 atom stereocenters. The van der Waals surface area contributed by atoms with E-state index in [2.05, 4.69) is 16.0 Å². The highest BCUT2D eigenvalue weighted by Crippen LogP contribution is 2.25. The first-order valence-electron chi connectivity index (χ1n) is 8.97. The zero-order valence-corrected chi connectivity index (χ0v) is 16.1. The summed E-state index contributed by atoms with van der Waals surface area (Å²) in [5.41, 5.74) is -0.665. The number of nitrogens with one attached hydrogen (secondary N) is 3. The van der Waals surface area contributed by atoms with Crippen LogP contribution in [0.4, 0.5) is 4.79 Å². The average molecular weight is 341 g/mol. The minimum atomic E-state index is -0.474. The second kappa shape index (κ2) is 8.70. The van der Waals surface area contributed by atoms with Gasteiger partial charge in [0.25, 0.3) is 0 Å². The fraction of sp³-hybridized carbons (Fsp3) is 0.889. The maximum Gasteiger partial charge on any atom is 0.407 e. The van der Waals surface area contributed by atoms with E-state index in [1.165, 1.54) is 0 Å². The number of carbonyl (C=O) groups excluding carboxylic acids is 2. The highest BCUT2D eigenvalue weighted by atomic mass is 16.6. The third-order valence-corrected chi connectivity index (χ3v) is 3.84. The van der Waals surface area contributed by atoms with Crippen molar-refractivity contribution in [3.8, 4) is 0 Å². The smallest absolute Gasteiger partial charge is 0.407 e. The van der Waals surface area contributed by atoms with Crippen molar-refractivity contribution in [1.29, 1.82) is 0 Å². The lowest BCUT2D eigenvalue weighted by Crippen LogP contribution is -2.44. The third kappa shape index (κ3) is 9.11. The van der Waals surface area contributed by atoms with Crippen molar-refractivity contribution in [2.24, 2.45) is 5.92 Å². The largest absolute Gasteiger partial charge is 0.444 e. The summed E-state index contributed by atoms with van der Waals surface area (Å²) < 4.78 is 5.27. The van der Waals surface area contributed by atoms with Gasteiger partial charge in [-0.2, -0.15) is 0 Å². The van der Waals surface area contributed by atoms with Crippen molar-refractivity contribution in [1.82, 2.24) is 16.0 Å². The van der Waals surface area contributed by atoms with Gasteiger partial charge >= 0.3 is 6.09 Å². The van der Waals surface area contributed by atoms with Gasteiger partial charge in [0.15, 0.2) is 0 Å². The molecule has 0 aromatic heterocycles. The molecule has 0 aromatic rings. The molecular weight excluding hydrogens is 306 g/mol. The molecule has 1 fully saturated rings. The summed E-state index contributed by atoms with van der Waals surface area (Å²) in [4.78, 5) is 23.6. The van der Waals surface area contributed by atoms with Crippen LogP contribution in [0.3, 0.4) is 0 Å². The SMILES string of the molecule is CC(C)(C)NC(=O)CCNC1CCCC1CNC(=O)OC(C)(C)C. The monoisotopic (exact) mass is 341 g/mol. The van der Waals surface area contributed by atoms with Crippen LogP contribution in [0.15, 0.2) is 0 Å². The van der Waals surface area contributed by atoms with E-state index >= 15 is 0 Å². The van der Waals surface area contributed by atoms with Crippen LogP contribution in [0.1, 0.15) is 67.2 Å². The number of rotatable bonds is 6. The molecule has 2 unspecified atom stereocenters. The van der Waals surface area contributed by atoms with E-state index in [0.717, 1.165) is 19.3 Å². The minimum absolute atomic E-state index is 0.0661. The van der Waals surface area contributed by atoms with Gasteiger partial charge in [-0.25, -0.2) is 4.79 Å². The zero-order valence-electron chi connectivity index (χ0n) is 16.1. The Morgan fingerprint density at radius 3 is 2.33 bits per heavy atom. The molecule has 6 nitrogen and oxygen atoms in total. The number of alkyl carbamates (subject to hydrolysis) is 1. The molecule has 1 aliphatic carbocycles. The number of ether oxygens (including phenoxy) is 1. The van der Waals surface area contributed by atoms with Gasteiger partial charge in [-0.15, -0.1) is 0 Å². The fourth-order valence-corrected chi connectivity index (χ4v) is 2.93. The summed E-state index contributed by atoms with van der Waals surface area (Å²) in [6.45, 7) is 12.8. The molecule has 0 aromatic carbocycles. The van der Waals surface area contributed by atoms with Crippen LogP contribution in [0.2, 0.25) is 0 Å². The molecule has 140 valence electrons. The molecule has 6 heteroatoms. The standard InChI is InChI=1S/C18H35N3O3/c1-17(2,3)21-15(22)10-11-19-14-9-7-8-13(14)12-20-16(23)24-18(4,5)6/h13-14,19H,7-12H2,1-6H3,(H,20,23)(H,21,22). The highest BCUT2D eigenvalue weighted by molar-refractivity contribution is 5.76. The normalized spacial score (nSPS) is 21.4. The topological polar surface area (TPSA) is 79.5 Å². The van der Waals surface area contributed by atoms with Crippen LogP contribution in [-0.4, -0.2) is 42.3 Å². The number of carbonyl (C=O) groups is 2. The van der Waals surface area contributed by atoms with Crippen LogP contribution >= 0.6 is 0 Å². The van der Waals surface area contributed by atoms with Gasteiger partial charge in [0, 0.05) is 31.1 Å². The Labute approximate surface area is 146 Å². The van der Waals surface area contributed by atoms with Crippen LogP contribution in [0.5, 0.6) is 0 Å². The minimum Gasteiger partial charge on any atom is -0.444 e. The molecule has 1 rings (SSSR count). The van der Waals surface area contributed by atoms with Gasteiger partial charge in [0.2, 0.25) is 5.91 Å². The summed E-state index contributed by atoms with van der Waals surface area (Å²) in [6.07, 6.45) is 3.42. The van der Waals surface area contributed by atoms with Gasteiger partial charge in [0.05, 0.1) is 0 Å². The van der Waals surface area contributed by atoms with Gasteiger partial charge in [-0.3, -0.25) is 4.79 Å². The van der Waals surface area contributed by atoms with Gasteiger partial charge < -0.3 is 20.7 Å². The van der Waals surface area contributed by atoms with Crippen LogP contribution in [0.25, 0.3) is 0 Å². The van der Waals surface area contributed by atoms with Crippen LogP contribution < -0.4 is 16.0 Å². The maximum atomic E-state index is 11.8. The first kappa shape index (κ1) is 20.7. The Hall–Kier alpha value is -1.30. The third-order valence-electron chi connectivity index (χ3n) is 3.84. The van der Waals surface area contributed by atoms with Gasteiger partial charge in [-0.05, 0) is 60.3 Å². The molecular formula is C18H35N3O3. The molecule has 0 radical (unpaired) electrons. The van der Waals surface area contributed by atoms with E-state index in [1.807, 2.05) is 41.5 Å². The van der Waals surface area contributed by atoms with Crippen LogP contribution in [-0.2, 0) is 9.53 Å². The number of amides is 2. The molecule has 3 N–H and O–H groups in total. The molecule has 0 aliphatic heterocycles. The average Bonchev–Trinajstić information content (AvgIpc) is 2.79. The van der Waals surface area contributed by atoms with Gasteiger partial charge in [0.1, 0.15) is 5.60 Å². The second-order valence-electron chi connectivity index (χ2n) is 8.68. The predicted octanol–water partition coefficient (Wildman–Crippen LogP) is 2.57. The summed E-state index contributed by atoms with van der Waals surface area (Å²) >= 11 is 0. The summed E-state index contributed by atoms with van der Waals surface area (Å²) in [7, 11) is 0. The predicted molar refractivity (Wildman–Crippen MR) is 95.9 cm³/mol. The van der Waals surface area contributed by atoms with E-state index in [-0.39, 0.29) is 17.5 Å². The maximum absolute atomic E-state index is 11.8. The first-order valence-corrected chi connectivity index (χ1v) is 8.97. The van der Waals surface area contributed by atoms with Crippen molar-refractivity contribution >= 4 is 12.0 Å². The second-order valence-corrected chi connectivity index (χ2v) is 8.68. The Bertz CT molecular complexity index is 424. The summed E-state index contributed by atoms with van der Waals surface area (Å²) in [6, 6.07) is 0.349. The van der Waals surface area contributed by atoms with Gasteiger partial charge in [-0.1, -0.05) is 6.42 Å². The molecule has 1 saturated carbocycles. The van der Waals surface area contributed by atoms with Crippen molar-refractivity contribution in [2.45, 2.75) is 84.4 Å². The quantitative estimate of drug-likeness (QED) is 0.694. The Morgan fingerprint density at radius 1 is 1.08 bits per heavy atom. The van der Waals surface area contributed by atoms with Crippen molar-refractivity contribution in [3.05, 3.63) is 0 Å². The molecule has 1 aliphatic rings. The Kier molecular flexibility index (Phi) is 7.52. The van der Waals surface area contributed by atoms with Crippen molar-refractivity contribution in [2.75, 3.05) is 13.1 Å². The van der Waals surface area contributed by atoms with E-state index in [0.29, 0.717) is 31.5 Å². The van der Waals surface area contributed by atoms with Crippen molar-refractivity contribution in [3.63, 3.8) is 0 Å². The summed E-state index contributed by atoms with van der Waals surface area (Å²) in [5.74, 6) is 0.458. The van der Waals surface area contributed by atoms with E-state index in [4.69, 9.17) is 4.74 Å². The van der Waals surface area contributed by atoms with Crippen LogP contribution in [0, 0.1) is 5.92 Å². The first-order chi connectivity index (χ1) is 11.0. The molecule has 2 amide bonds. The number of hydrogen-bond acceptors (Lipinski definition) is 4. The Morgan fingerprint density at radius 2 is 1.75 bits per heavy atom.